The molecule has 0 aliphatic carbocycles. The summed E-state index contributed by atoms with van der Waals surface area (Å²) in [7, 11) is 1.73. The van der Waals surface area contributed by atoms with Gasteiger partial charge < -0.3 is 10.5 Å². The lowest BCUT2D eigenvalue weighted by Gasteiger charge is -2.15. The Hall–Kier alpha value is -1.02. The molecule has 0 heterocycles. The monoisotopic (exact) mass is 207 g/mol. The number of aryl methyl sites for hydroxylation is 1. The van der Waals surface area contributed by atoms with Crippen LogP contribution in [0.5, 0.6) is 5.75 Å². The predicted molar refractivity (Wildman–Crippen MR) is 64.6 cm³/mol. The topological polar surface area (TPSA) is 35.2 Å². The predicted octanol–water partition coefficient (Wildman–Crippen LogP) is 2.63. The van der Waals surface area contributed by atoms with Crippen LogP contribution in [-0.2, 0) is 6.42 Å². The quantitative estimate of drug-likeness (QED) is 0.823. The molecule has 0 atom stereocenters. The van der Waals surface area contributed by atoms with Crippen LogP contribution in [-0.4, -0.2) is 13.7 Å². The maximum Gasteiger partial charge on any atom is 0.122 e. The minimum Gasteiger partial charge on any atom is -0.496 e. The highest BCUT2D eigenvalue weighted by molar-refractivity contribution is 5.44. The average molecular weight is 207 g/mol. The normalized spacial score (nSPS) is 10.8. The van der Waals surface area contributed by atoms with E-state index in [4.69, 9.17) is 10.5 Å². The average Bonchev–Trinajstić information content (AvgIpc) is 2.20. The maximum atomic E-state index is 5.59. The van der Waals surface area contributed by atoms with Crippen LogP contribution in [0.1, 0.15) is 36.5 Å². The fraction of sp³-hybridized carbons (Fsp3) is 0.538. The van der Waals surface area contributed by atoms with Crippen LogP contribution in [0, 0.1) is 6.92 Å². The number of hydrogen-bond donors (Lipinski definition) is 1. The van der Waals surface area contributed by atoms with Crippen molar-refractivity contribution in [3.8, 4) is 5.75 Å². The molecular formula is C13H21NO. The molecule has 1 aromatic carbocycles. The van der Waals surface area contributed by atoms with Crippen molar-refractivity contribution in [2.24, 2.45) is 5.73 Å². The van der Waals surface area contributed by atoms with Gasteiger partial charge in [0, 0.05) is 0 Å². The summed E-state index contributed by atoms with van der Waals surface area (Å²) in [6, 6.07) is 4.34. The summed E-state index contributed by atoms with van der Waals surface area (Å²) >= 11 is 0. The van der Waals surface area contributed by atoms with E-state index >= 15 is 0 Å². The van der Waals surface area contributed by atoms with Gasteiger partial charge in [-0.15, -0.1) is 0 Å². The van der Waals surface area contributed by atoms with Crippen molar-refractivity contribution in [2.45, 2.75) is 33.1 Å². The first-order valence-corrected chi connectivity index (χ1v) is 5.47. The van der Waals surface area contributed by atoms with E-state index in [0.717, 1.165) is 12.2 Å². The van der Waals surface area contributed by atoms with Gasteiger partial charge in [-0.25, -0.2) is 0 Å². The van der Waals surface area contributed by atoms with Gasteiger partial charge >= 0.3 is 0 Å². The highest BCUT2D eigenvalue weighted by atomic mass is 16.5. The van der Waals surface area contributed by atoms with Crippen molar-refractivity contribution in [1.82, 2.24) is 0 Å². The van der Waals surface area contributed by atoms with Gasteiger partial charge in [0.15, 0.2) is 0 Å². The van der Waals surface area contributed by atoms with Gasteiger partial charge in [0.25, 0.3) is 0 Å². The third-order valence-corrected chi connectivity index (χ3v) is 2.72. The molecule has 0 aliphatic heterocycles. The Balaban J connectivity index is 3.17. The van der Waals surface area contributed by atoms with Crippen LogP contribution in [0.2, 0.25) is 0 Å². The number of rotatable bonds is 4. The molecule has 0 fully saturated rings. The number of nitrogens with two attached hydrogens (primary N) is 1. The second-order valence-corrected chi connectivity index (χ2v) is 4.21. The fourth-order valence-electron chi connectivity index (χ4n) is 1.80. The molecule has 0 unspecified atom stereocenters. The van der Waals surface area contributed by atoms with Crippen molar-refractivity contribution in [3.05, 3.63) is 28.8 Å². The molecule has 0 saturated heterocycles. The van der Waals surface area contributed by atoms with Gasteiger partial charge in [0.2, 0.25) is 0 Å². The lowest BCUT2D eigenvalue weighted by atomic mass is 9.95. The standard InChI is InChI=1S/C13H21NO/c1-9(2)12-8-11(5-6-14)10(3)7-13(12)15-4/h7-9H,5-6,14H2,1-4H3. The first-order valence-electron chi connectivity index (χ1n) is 5.47. The van der Waals surface area contributed by atoms with E-state index in [1.807, 2.05) is 0 Å². The molecule has 0 aliphatic rings. The minimum atomic E-state index is 0.483. The van der Waals surface area contributed by atoms with E-state index < -0.39 is 0 Å². The summed E-state index contributed by atoms with van der Waals surface area (Å²) in [5, 5.41) is 0. The molecule has 0 saturated carbocycles. The van der Waals surface area contributed by atoms with E-state index in [1.165, 1.54) is 16.7 Å². The lowest BCUT2D eigenvalue weighted by molar-refractivity contribution is 0.407. The van der Waals surface area contributed by atoms with Gasteiger partial charge in [-0.3, -0.25) is 0 Å². The molecule has 2 N–H and O–H groups in total. The second kappa shape index (κ2) is 5.17. The van der Waals surface area contributed by atoms with Crippen LogP contribution in [0.3, 0.4) is 0 Å². The Morgan fingerprint density at radius 3 is 2.47 bits per heavy atom. The second-order valence-electron chi connectivity index (χ2n) is 4.21. The van der Waals surface area contributed by atoms with E-state index in [9.17, 15) is 0 Å². The Morgan fingerprint density at radius 2 is 2.00 bits per heavy atom. The smallest absolute Gasteiger partial charge is 0.122 e. The van der Waals surface area contributed by atoms with Crippen molar-refractivity contribution in [3.63, 3.8) is 0 Å². The number of methoxy groups -OCH3 is 1. The molecule has 2 nitrogen and oxygen atoms in total. The van der Waals surface area contributed by atoms with E-state index in [0.29, 0.717) is 12.5 Å². The van der Waals surface area contributed by atoms with Gasteiger partial charge in [0.05, 0.1) is 7.11 Å². The van der Waals surface area contributed by atoms with Crippen LogP contribution in [0.25, 0.3) is 0 Å². The summed E-state index contributed by atoms with van der Waals surface area (Å²) in [6.45, 7) is 7.17. The lowest BCUT2D eigenvalue weighted by Crippen LogP contribution is -2.06. The highest BCUT2D eigenvalue weighted by Crippen LogP contribution is 2.29. The molecule has 84 valence electrons. The third kappa shape index (κ3) is 2.72. The molecule has 1 aromatic rings. The number of ether oxygens (including phenoxy) is 1. The largest absolute Gasteiger partial charge is 0.496 e. The maximum absolute atomic E-state index is 5.59. The van der Waals surface area contributed by atoms with Crippen molar-refractivity contribution >= 4 is 0 Å². The van der Waals surface area contributed by atoms with Crippen molar-refractivity contribution < 1.29 is 4.74 Å². The van der Waals surface area contributed by atoms with Crippen LogP contribution < -0.4 is 10.5 Å². The molecule has 0 amide bonds. The summed E-state index contributed by atoms with van der Waals surface area (Å²) < 4.78 is 5.39. The Kier molecular flexibility index (Phi) is 4.15. The Bertz CT molecular complexity index is 332. The zero-order chi connectivity index (χ0) is 11.4. The molecule has 0 spiro atoms. The molecule has 0 bridgehead atoms. The van der Waals surface area contributed by atoms with Crippen molar-refractivity contribution in [2.75, 3.05) is 13.7 Å². The van der Waals surface area contributed by atoms with Gasteiger partial charge in [-0.1, -0.05) is 19.9 Å². The summed E-state index contributed by atoms with van der Waals surface area (Å²) in [5.41, 5.74) is 9.47. The van der Waals surface area contributed by atoms with E-state index in [2.05, 4.69) is 32.9 Å². The van der Waals surface area contributed by atoms with Crippen LogP contribution in [0.15, 0.2) is 12.1 Å². The van der Waals surface area contributed by atoms with Crippen molar-refractivity contribution in [1.29, 1.82) is 0 Å². The Labute approximate surface area is 92.4 Å². The molecule has 1 rings (SSSR count). The third-order valence-electron chi connectivity index (χ3n) is 2.72. The first-order chi connectivity index (χ1) is 7.10. The van der Waals surface area contributed by atoms with Crippen LogP contribution in [0.4, 0.5) is 0 Å². The zero-order valence-electron chi connectivity index (χ0n) is 10.1. The molecular weight excluding hydrogens is 186 g/mol. The number of benzene rings is 1. The summed E-state index contributed by atoms with van der Waals surface area (Å²) in [4.78, 5) is 0. The molecule has 15 heavy (non-hydrogen) atoms. The fourth-order valence-corrected chi connectivity index (χ4v) is 1.80. The SMILES string of the molecule is COc1cc(C)c(CCN)cc1C(C)C. The Morgan fingerprint density at radius 1 is 1.33 bits per heavy atom. The van der Waals surface area contributed by atoms with E-state index in [1.54, 1.807) is 7.11 Å². The molecule has 2 heteroatoms. The van der Waals surface area contributed by atoms with Gasteiger partial charge in [0.1, 0.15) is 5.75 Å². The van der Waals surface area contributed by atoms with E-state index in [-0.39, 0.29) is 0 Å². The van der Waals surface area contributed by atoms with Crippen LogP contribution >= 0.6 is 0 Å². The van der Waals surface area contributed by atoms with Gasteiger partial charge in [-0.05, 0) is 48.6 Å². The first kappa shape index (κ1) is 12.1. The molecule has 0 aromatic heterocycles. The summed E-state index contributed by atoms with van der Waals surface area (Å²) in [6.07, 6.45) is 0.940. The highest BCUT2D eigenvalue weighted by Gasteiger charge is 2.10. The van der Waals surface area contributed by atoms with Gasteiger partial charge in [-0.2, -0.15) is 0 Å². The minimum absolute atomic E-state index is 0.483. The zero-order valence-corrected chi connectivity index (χ0v) is 10.1. The summed E-state index contributed by atoms with van der Waals surface area (Å²) in [5.74, 6) is 1.47. The number of hydrogen-bond acceptors (Lipinski definition) is 2. The molecule has 0 radical (unpaired) electrons.